The van der Waals surface area contributed by atoms with Crippen LogP contribution in [0.15, 0.2) is 42.5 Å². The summed E-state index contributed by atoms with van der Waals surface area (Å²) in [7, 11) is 0. The van der Waals surface area contributed by atoms with Gasteiger partial charge in [-0.2, -0.15) is 0 Å². The molecule has 2 nitrogen and oxygen atoms in total. The number of carbonyl (C=O) groups is 1. The lowest BCUT2D eigenvalue weighted by atomic mass is 10.1. The fraction of sp³-hybridized carbons (Fsp3) is 0.316. The Morgan fingerprint density at radius 2 is 1.91 bits per heavy atom. The third-order valence-corrected chi connectivity index (χ3v) is 3.79. The molecule has 0 bridgehead atoms. The van der Waals surface area contributed by atoms with Crippen molar-refractivity contribution in [3.63, 3.8) is 0 Å². The zero-order valence-corrected chi connectivity index (χ0v) is 13.4. The Labute approximate surface area is 131 Å². The van der Waals surface area contributed by atoms with E-state index in [1.807, 2.05) is 49.9 Å². The summed E-state index contributed by atoms with van der Waals surface area (Å²) in [4.78, 5) is 14.3. The van der Waals surface area contributed by atoms with Crippen LogP contribution in [0.4, 0.5) is 10.1 Å². The Balaban J connectivity index is 2.10. The highest BCUT2D eigenvalue weighted by molar-refractivity contribution is 5.94. The summed E-state index contributed by atoms with van der Waals surface area (Å²) < 4.78 is 13.2. The van der Waals surface area contributed by atoms with Crippen molar-refractivity contribution in [1.29, 1.82) is 0 Å². The molecule has 2 rings (SSSR count). The summed E-state index contributed by atoms with van der Waals surface area (Å²) >= 11 is 0. The molecule has 0 saturated heterocycles. The molecule has 0 aliphatic rings. The van der Waals surface area contributed by atoms with E-state index in [1.54, 1.807) is 6.07 Å². The summed E-state index contributed by atoms with van der Waals surface area (Å²) in [6, 6.07) is 12.6. The van der Waals surface area contributed by atoms with E-state index in [9.17, 15) is 9.18 Å². The minimum Gasteiger partial charge on any atom is -0.312 e. The van der Waals surface area contributed by atoms with Crippen LogP contribution in [-0.2, 0) is 11.2 Å². The number of carbonyl (C=O) groups excluding carboxylic acids is 1. The minimum atomic E-state index is -0.258. The number of halogens is 1. The Bertz CT molecular complexity index is 666. The van der Waals surface area contributed by atoms with E-state index in [4.69, 9.17) is 0 Å². The van der Waals surface area contributed by atoms with Gasteiger partial charge in [-0.05, 0) is 62.1 Å². The Kier molecular flexibility index (Phi) is 5.31. The van der Waals surface area contributed by atoms with Gasteiger partial charge in [-0.1, -0.05) is 24.3 Å². The molecule has 0 fully saturated rings. The third-order valence-electron chi connectivity index (χ3n) is 3.79. The maximum absolute atomic E-state index is 13.2. The van der Waals surface area contributed by atoms with Crippen LogP contribution in [0.25, 0.3) is 0 Å². The van der Waals surface area contributed by atoms with E-state index in [1.165, 1.54) is 12.1 Å². The van der Waals surface area contributed by atoms with Gasteiger partial charge in [-0.3, -0.25) is 4.79 Å². The monoisotopic (exact) mass is 299 g/mol. The molecule has 0 N–H and O–H groups in total. The van der Waals surface area contributed by atoms with Gasteiger partial charge in [0.05, 0.1) is 0 Å². The third kappa shape index (κ3) is 3.94. The molecule has 0 aliphatic heterocycles. The van der Waals surface area contributed by atoms with Crippen LogP contribution in [0, 0.1) is 19.7 Å². The summed E-state index contributed by atoms with van der Waals surface area (Å²) in [5.41, 5.74) is 4.04. The molecule has 0 aromatic heterocycles. The number of benzene rings is 2. The highest BCUT2D eigenvalue weighted by Gasteiger charge is 2.16. The molecule has 116 valence electrons. The molecule has 1 amide bonds. The van der Waals surface area contributed by atoms with E-state index in [-0.39, 0.29) is 11.7 Å². The first kappa shape index (κ1) is 16.2. The van der Waals surface area contributed by atoms with Crippen molar-refractivity contribution in [2.75, 3.05) is 11.4 Å². The maximum atomic E-state index is 13.2. The molecule has 0 spiro atoms. The van der Waals surface area contributed by atoms with Crippen LogP contribution in [-0.4, -0.2) is 12.5 Å². The summed E-state index contributed by atoms with van der Waals surface area (Å²) in [6.45, 7) is 6.64. The maximum Gasteiger partial charge on any atom is 0.227 e. The molecule has 2 aromatic rings. The van der Waals surface area contributed by atoms with Gasteiger partial charge in [0.25, 0.3) is 0 Å². The lowest BCUT2D eigenvalue weighted by Crippen LogP contribution is -2.31. The Hall–Kier alpha value is -2.16. The number of nitrogens with zero attached hydrogens (tertiary/aromatic N) is 1. The molecule has 0 unspecified atom stereocenters. The van der Waals surface area contributed by atoms with Crippen molar-refractivity contribution in [2.24, 2.45) is 0 Å². The minimum absolute atomic E-state index is 0.0699. The molecule has 22 heavy (non-hydrogen) atoms. The van der Waals surface area contributed by atoms with Gasteiger partial charge in [0.1, 0.15) is 5.82 Å². The van der Waals surface area contributed by atoms with Crippen molar-refractivity contribution < 1.29 is 9.18 Å². The molecule has 0 aliphatic carbocycles. The number of hydrogen-bond donors (Lipinski definition) is 0. The quantitative estimate of drug-likeness (QED) is 0.800. The Morgan fingerprint density at radius 3 is 2.59 bits per heavy atom. The molecule has 3 heteroatoms. The van der Waals surface area contributed by atoms with E-state index in [0.29, 0.717) is 19.4 Å². The first-order chi connectivity index (χ1) is 10.5. The van der Waals surface area contributed by atoms with Gasteiger partial charge in [0.2, 0.25) is 5.91 Å². The largest absolute Gasteiger partial charge is 0.312 e. The van der Waals surface area contributed by atoms with Crippen molar-refractivity contribution in [2.45, 2.75) is 33.6 Å². The zero-order chi connectivity index (χ0) is 16.1. The van der Waals surface area contributed by atoms with Gasteiger partial charge in [-0.25, -0.2) is 4.39 Å². The summed E-state index contributed by atoms with van der Waals surface area (Å²) in [6.07, 6.45) is 0.933. The summed E-state index contributed by atoms with van der Waals surface area (Å²) in [5, 5.41) is 0. The van der Waals surface area contributed by atoms with Crippen molar-refractivity contribution in [3.05, 3.63) is 65.0 Å². The predicted molar refractivity (Wildman–Crippen MR) is 88.7 cm³/mol. The van der Waals surface area contributed by atoms with Gasteiger partial charge < -0.3 is 4.90 Å². The topological polar surface area (TPSA) is 20.3 Å². The highest BCUT2D eigenvalue weighted by atomic mass is 19.1. The van der Waals surface area contributed by atoms with Gasteiger partial charge in [0, 0.05) is 18.7 Å². The first-order valence-electron chi connectivity index (χ1n) is 7.63. The Morgan fingerprint density at radius 1 is 1.14 bits per heavy atom. The van der Waals surface area contributed by atoms with Crippen LogP contribution in [0.3, 0.4) is 0 Å². The fourth-order valence-corrected chi connectivity index (χ4v) is 2.57. The van der Waals surface area contributed by atoms with Crippen molar-refractivity contribution >= 4 is 11.6 Å². The SMILES string of the molecule is CCN(C(=O)CCc1cccc(F)c1)c1cc(C)ccc1C. The van der Waals surface area contributed by atoms with Crippen molar-refractivity contribution in [1.82, 2.24) is 0 Å². The highest BCUT2D eigenvalue weighted by Crippen LogP contribution is 2.22. The smallest absolute Gasteiger partial charge is 0.227 e. The number of rotatable bonds is 5. The summed E-state index contributed by atoms with van der Waals surface area (Å²) in [5.74, 6) is -0.188. The van der Waals surface area contributed by atoms with E-state index >= 15 is 0 Å². The van der Waals surface area contributed by atoms with Gasteiger partial charge >= 0.3 is 0 Å². The fourth-order valence-electron chi connectivity index (χ4n) is 2.57. The van der Waals surface area contributed by atoms with Crippen LogP contribution < -0.4 is 4.90 Å². The standard InChI is InChI=1S/C19H22FNO/c1-4-21(18-12-14(2)8-9-15(18)3)19(22)11-10-16-6-5-7-17(20)13-16/h5-9,12-13H,4,10-11H2,1-3H3. The predicted octanol–water partition coefficient (Wildman–Crippen LogP) is 4.43. The molecule has 2 aromatic carbocycles. The molecular weight excluding hydrogens is 277 g/mol. The molecule has 0 atom stereocenters. The van der Waals surface area contributed by atoms with Crippen LogP contribution >= 0.6 is 0 Å². The van der Waals surface area contributed by atoms with E-state index < -0.39 is 0 Å². The molecule has 0 heterocycles. The van der Waals surface area contributed by atoms with Gasteiger partial charge in [-0.15, -0.1) is 0 Å². The van der Waals surface area contributed by atoms with Crippen LogP contribution in [0.2, 0.25) is 0 Å². The number of amides is 1. The normalized spacial score (nSPS) is 10.5. The second kappa shape index (κ2) is 7.21. The average Bonchev–Trinajstić information content (AvgIpc) is 2.49. The number of aryl methyl sites for hydroxylation is 3. The molecular formula is C19H22FNO. The lowest BCUT2D eigenvalue weighted by molar-refractivity contribution is -0.118. The van der Waals surface area contributed by atoms with Crippen LogP contribution in [0.5, 0.6) is 0 Å². The number of anilines is 1. The average molecular weight is 299 g/mol. The molecule has 0 saturated carbocycles. The lowest BCUT2D eigenvalue weighted by Gasteiger charge is -2.23. The van der Waals surface area contributed by atoms with Crippen LogP contribution in [0.1, 0.15) is 30.0 Å². The van der Waals surface area contributed by atoms with Crippen molar-refractivity contribution in [3.8, 4) is 0 Å². The zero-order valence-electron chi connectivity index (χ0n) is 13.4. The molecule has 0 radical (unpaired) electrons. The second-order valence-corrected chi connectivity index (χ2v) is 5.56. The van der Waals surface area contributed by atoms with Gasteiger partial charge in [0.15, 0.2) is 0 Å². The van der Waals surface area contributed by atoms with E-state index in [0.717, 1.165) is 22.4 Å². The first-order valence-corrected chi connectivity index (χ1v) is 7.63. The second-order valence-electron chi connectivity index (χ2n) is 5.56. The van der Waals surface area contributed by atoms with E-state index in [2.05, 4.69) is 0 Å². The number of hydrogen-bond acceptors (Lipinski definition) is 1.